The Morgan fingerprint density at radius 1 is 1.32 bits per heavy atom. The van der Waals surface area contributed by atoms with Gasteiger partial charge in [-0.15, -0.1) is 0 Å². The molecule has 3 aromatic rings. The fraction of sp³-hybridized carbons (Fsp3) is 0.333. The zero-order valence-electron chi connectivity index (χ0n) is 15.1. The van der Waals surface area contributed by atoms with E-state index in [2.05, 4.69) is 9.88 Å². The maximum Gasteiger partial charge on any atom is 0.319 e. The van der Waals surface area contributed by atoms with E-state index in [1.54, 1.807) is 18.6 Å². The van der Waals surface area contributed by atoms with Gasteiger partial charge in [0.2, 0.25) is 0 Å². The van der Waals surface area contributed by atoms with Crippen molar-refractivity contribution in [2.75, 3.05) is 25.1 Å². The molecule has 2 unspecified atom stereocenters. The molecule has 0 saturated carbocycles. The quantitative estimate of drug-likeness (QED) is 0.533. The molecule has 1 aromatic carbocycles. The van der Waals surface area contributed by atoms with Crippen molar-refractivity contribution in [1.82, 2.24) is 14.5 Å². The third-order valence-corrected chi connectivity index (χ3v) is 6.40. The summed E-state index contributed by atoms with van der Waals surface area (Å²) in [4.78, 5) is 11.0. The van der Waals surface area contributed by atoms with Gasteiger partial charge in [-0.1, -0.05) is 23.2 Å². The summed E-state index contributed by atoms with van der Waals surface area (Å²) >= 11 is 12.7. The minimum atomic E-state index is -2.47. The second-order valence-electron chi connectivity index (χ2n) is 6.51. The molecule has 2 atom stereocenters. The van der Waals surface area contributed by atoms with Crippen LogP contribution in [0.2, 0.25) is 10.0 Å². The van der Waals surface area contributed by atoms with E-state index in [1.807, 2.05) is 22.9 Å². The van der Waals surface area contributed by atoms with Crippen LogP contribution < -0.4 is 4.90 Å². The molecule has 4 rings (SSSR count). The standard InChI is InChI=1S/C18H19Cl2N4O3P/c1-26-28(25)27-12-3-2-7-23(10-12)16-9-15(24-8-6-21-11-24)13-4-5-14(19)17(20)18(13)22-16/h4-6,8-9,11-12,28H,2-3,7,10H2,1H3. The predicted octanol–water partition coefficient (Wildman–Crippen LogP) is 4.75. The van der Waals surface area contributed by atoms with Gasteiger partial charge < -0.3 is 18.5 Å². The fourth-order valence-corrected chi connectivity index (χ4v) is 4.33. The summed E-state index contributed by atoms with van der Waals surface area (Å²) in [7, 11) is -1.09. The molecule has 0 aliphatic carbocycles. The van der Waals surface area contributed by atoms with Crippen LogP contribution in [-0.2, 0) is 13.6 Å². The van der Waals surface area contributed by atoms with E-state index >= 15 is 0 Å². The first-order chi connectivity index (χ1) is 13.6. The fourth-order valence-electron chi connectivity index (χ4n) is 3.41. The highest BCUT2D eigenvalue weighted by Crippen LogP contribution is 2.36. The first kappa shape index (κ1) is 19.7. The Kier molecular flexibility index (Phi) is 5.90. The summed E-state index contributed by atoms with van der Waals surface area (Å²) < 4.78 is 23.9. The lowest BCUT2D eigenvalue weighted by molar-refractivity contribution is 0.159. The van der Waals surface area contributed by atoms with Gasteiger partial charge in [0, 0.05) is 44.0 Å². The van der Waals surface area contributed by atoms with Gasteiger partial charge in [-0.2, -0.15) is 0 Å². The zero-order valence-corrected chi connectivity index (χ0v) is 17.7. The molecule has 0 radical (unpaired) electrons. The SMILES string of the molecule is CO[PH](=O)OC1CCCN(c2cc(-n3ccnc3)c3ccc(Cl)c(Cl)c3n2)C1. The maximum atomic E-state index is 11.7. The molecule has 10 heteroatoms. The molecule has 1 fully saturated rings. The summed E-state index contributed by atoms with van der Waals surface area (Å²) in [5.74, 6) is 0.755. The number of nitrogens with zero attached hydrogens (tertiary/aromatic N) is 4. The number of anilines is 1. The summed E-state index contributed by atoms with van der Waals surface area (Å²) in [5.41, 5.74) is 1.54. The molecule has 1 aliphatic rings. The van der Waals surface area contributed by atoms with Crippen LogP contribution in [-0.4, -0.2) is 40.8 Å². The van der Waals surface area contributed by atoms with Crippen molar-refractivity contribution in [3.05, 3.63) is 47.0 Å². The van der Waals surface area contributed by atoms with E-state index in [0.29, 0.717) is 22.1 Å². The second-order valence-corrected chi connectivity index (χ2v) is 8.44. The number of aromatic nitrogens is 3. The smallest absolute Gasteiger partial charge is 0.319 e. The minimum Gasteiger partial charge on any atom is -0.354 e. The van der Waals surface area contributed by atoms with E-state index in [9.17, 15) is 4.57 Å². The number of benzene rings is 1. The van der Waals surface area contributed by atoms with Gasteiger partial charge in [0.05, 0.1) is 33.7 Å². The van der Waals surface area contributed by atoms with Crippen LogP contribution in [0.5, 0.6) is 0 Å². The summed E-state index contributed by atoms with van der Waals surface area (Å²) in [6.07, 6.45) is 6.86. The van der Waals surface area contributed by atoms with Gasteiger partial charge in [0.1, 0.15) is 5.82 Å². The number of pyridine rings is 1. The Morgan fingerprint density at radius 3 is 2.93 bits per heavy atom. The summed E-state index contributed by atoms with van der Waals surface area (Å²) in [6.45, 7) is 1.38. The number of fused-ring (bicyclic) bond motifs is 1. The molecular formula is C18H19Cl2N4O3P. The average Bonchev–Trinajstić information content (AvgIpc) is 3.25. The van der Waals surface area contributed by atoms with Gasteiger partial charge in [-0.3, -0.25) is 4.57 Å². The lowest BCUT2D eigenvalue weighted by Crippen LogP contribution is -2.39. The minimum absolute atomic E-state index is 0.177. The molecule has 0 amide bonds. The molecule has 0 bridgehead atoms. The molecule has 1 saturated heterocycles. The molecule has 3 heterocycles. The van der Waals surface area contributed by atoms with E-state index in [0.717, 1.165) is 36.3 Å². The van der Waals surface area contributed by atoms with E-state index in [-0.39, 0.29) is 6.10 Å². The largest absolute Gasteiger partial charge is 0.354 e. The average molecular weight is 441 g/mol. The molecule has 0 spiro atoms. The van der Waals surface area contributed by atoms with Crippen LogP contribution in [0.15, 0.2) is 36.9 Å². The van der Waals surface area contributed by atoms with Crippen LogP contribution in [0.4, 0.5) is 5.82 Å². The number of piperidine rings is 1. The first-order valence-electron chi connectivity index (χ1n) is 8.83. The lowest BCUT2D eigenvalue weighted by atomic mass is 10.1. The molecular weight excluding hydrogens is 422 g/mol. The third-order valence-electron chi connectivity index (χ3n) is 4.75. The zero-order chi connectivity index (χ0) is 19.7. The maximum absolute atomic E-state index is 11.7. The summed E-state index contributed by atoms with van der Waals surface area (Å²) in [6, 6.07) is 5.67. The van der Waals surface area contributed by atoms with Crippen molar-refractivity contribution < 1.29 is 13.6 Å². The molecule has 2 aromatic heterocycles. The van der Waals surface area contributed by atoms with Crippen molar-refractivity contribution >= 4 is 48.2 Å². The third kappa shape index (κ3) is 3.91. The highest BCUT2D eigenvalue weighted by atomic mass is 35.5. The molecule has 148 valence electrons. The predicted molar refractivity (Wildman–Crippen MR) is 111 cm³/mol. The van der Waals surface area contributed by atoms with Crippen molar-refractivity contribution in [3.63, 3.8) is 0 Å². The van der Waals surface area contributed by atoms with Crippen LogP contribution in [0.1, 0.15) is 12.8 Å². The molecule has 1 aliphatic heterocycles. The monoisotopic (exact) mass is 440 g/mol. The Balaban J connectivity index is 1.77. The van der Waals surface area contributed by atoms with Gasteiger partial charge >= 0.3 is 8.25 Å². The highest BCUT2D eigenvalue weighted by Gasteiger charge is 2.24. The van der Waals surface area contributed by atoms with Crippen molar-refractivity contribution in [1.29, 1.82) is 0 Å². The van der Waals surface area contributed by atoms with E-state index in [4.69, 9.17) is 37.2 Å². The van der Waals surface area contributed by atoms with Gasteiger partial charge in [0.25, 0.3) is 0 Å². The Bertz CT molecular complexity index is 1020. The number of rotatable bonds is 5. The van der Waals surface area contributed by atoms with Crippen LogP contribution in [0.25, 0.3) is 16.6 Å². The molecule has 7 nitrogen and oxygen atoms in total. The van der Waals surface area contributed by atoms with Gasteiger partial charge in [-0.25, -0.2) is 9.97 Å². The number of hydrogen-bond acceptors (Lipinski definition) is 6. The Hall–Kier alpha value is -1.63. The normalized spacial score (nSPS) is 18.5. The first-order valence-corrected chi connectivity index (χ1v) is 10.8. The van der Waals surface area contributed by atoms with Crippen LogP contribution in [0, 0.1) is 0 Å². The summed E-state index contributed by atoms with van der Waals surface area (Å²) in [5, 5.41) is 1.75. The van der Waals surface area contributed by atoms with Crippen molar-refractivity contribution in [3.8, 4) is 5.69 Å². The number of hydrogen-bond donors (Lipinski definition) is 0. The van der Waals surface area contributed by atoms with Gasteiger partial charge in [-0.05, 0) is 25.0 Å². The van der Waals surface area contributed by atoms with E-state index in [1.165, 1.54) is 7.11 Å². The molecule has 28 heavy (non-hydrogen) atoms. The molecule has 0 N–H and O–H groups in total. The Labute approximate surface area is 173 Å². The lowest BCUT2D eigenvalue weighted by Gasteiger charge is -2.33. The Morgan fingerprint density at radius 2 is 2.18 bits per heavy atom. The van der Waals surface area contributed by atoms with Crippen molar-refractivity contribution in [2.24, 2.45) is 0 Å². The highest BCUT2D eigenvalue weighted by molar-refractivity contribution is 7.33. The van der Waals surface area contributed by atoms with Crippen molar-refractivity contribution in [2.45, 2.75) is 18.9 Å². The number of halogens is 2. The topological polar surface area (TPSA) is 69.5 Å². The van der Waals surface area contributed by atoms with Crippen LogP contribution >= 0.6 is 31.5 Å². The van der Waals surface area contributed by atoms with Crippen LogP contribution in [0.3, 0.4) is 0 Å². The van der Waals surface area contributed by atoms with E-state index < -0.39 is 8.25 Å². The second kappa shape index (κ2) is 8.39. The number of imidazole rings is 1. The van der Waals surface area contributed by atoms with Gasteiger partial charge in [0.15, 0.2) is 0 Å².